The van der Waals surface area contributed by atoms with E-state index in [0.29, 0.717) is 35.9 Å². The lowest BCUT2D eigenvalue weighted by atomic mass is 10.2. The summed E-state index contributed by atoms with van der Waals surface area (Å²) >= 11 is 14.2. The predicted molar refractivity (Wildman–Crippen MR) is 143 cm³/mol. The average Bonchev–Trinajstić information content (AvgIpc) is 3.20. The molecule has 0 aliphatic carbocycles. The molecular weight excluding hydrogens is 524 g/mol. The van der Waals surface area contributed by atoms with Crippen molar-refractivity contribution in [1.82, 2.24) is 14.1 Å². The minimum atomic E-state index is -0.427. The number of nitrogens with zero attached hydrogens (tertiary/aromatic N) is 4. The highest BCUT2D eigenvalue weighted by atomic mass is 35.5. The van der Waals surface area contributed by atoms with Crippen molar-refractivity contribution in [3.63, 3.8) is 0 Å². The lowest BCUT2D eigenvalue weighted by Crippen LogP contribution is -2.21. The van der Waals surface area contributed by atoms with E-state index in [9.17, 15) is 14.9 Å². The van der Waals surface area contributed by atoms with Gasteiger partial charge >= 0.3 is 0 Å². The van der Waals surface area contributed by atoms with Crippen LogP contribution in [-0.4, -0.2) is 19.0 Å². The van der Waals surface area contributed by atoms with Gasteiger partial charge in [-0.3, -0.25) is 24.0 Å². The highest BCUT2D eigenvalue weighted by Gasteiger charge is 2.19. The summed E-state index contributed by atoms with van der Waals surface area (Å²) in [5, 5.41) is 12.2. The fourth-order valence-electron chi connectivity index (χ4n) is 3.56. The van der Waals surface area contributed by atoms with Crippen molar-refractivity contribution in [1.29, 1.82) is 0 Å². The number of fused-ring (bicyclic) bond motifs is 1. The van der Waals surface area contributed by atoms with Gasteiger partial charge < -0.3 is 0 Å². The highest BCUT2D eigenvalue weighted by molar-refractivity contribution is 7.98. The lowest BCUT2D eigenvalue weighted by Gasteiger charge is -2.13. The summed E-state index contributed by atoms with van der Waals surface area (Å²) in [6, 6.07) is 22.8. The Bertz CT molecular complexity index is 1680. The summed E-state index contributed by atoms with van der Waals surface area (Å²) in [5.74, 6) is 0.387. The molecule has 0 unspecified atom stereocenters. The molecule has 7 nitrogen and oxygen atoms in total. The van der Waals surface area contributed by atoms with Crippen LogP contribution >= 0.6 is 46.9 Å². The minimum absolute atomic E-state index is 0.0149. The number of hydrogen-bond donors (Lipinski definition) is 0. The first kappa shape index (κ1) is 23.4. The van der Waals surface area contributed by atoms with Crippen molar-refractivity contribution in [2.24, 2.45) is 0 Å². The molecule has 2 aromatic heterocycles. The van der Waals surface area contributed by atoms with E-state index in [1.54, 1.807) is 27.3 Å². The number of benzene rings is 3. The molecule has 0 bridgehead atoms. The van der Waals surface area contributed by atoms with Gasteiger partial charge in [0.2, 0.25) is 0 Å². The van der Waals surface area contributed by atoms with Crippen molar-refractivity contribution >= 4 is 63.0 Å². The Morgan fingerprint density at radius 2 is 1.71 bits per heavy atom. The van der Waals surface area contributed by atoms with Gasteiger partial charge in [0, 0.05) is 28.6 Å². The van der Waals surface area contributed by atoms with Crippen molar-refractivity contribution in [3.8, 4) is 11.4 Å². The molecule has 5 aromatic rings. The van der Waals surface area contributed by atoms with Crippen LogP contribution in [0.25, 0.3) is 21.7 Å². The zero-order valence-electron chi connectivity index (χ0n) is 17.8. The number of hydrogen-bond acceptors (Lipinski definition) is 7. The molecule has 11 heteroatoms. The van der Waals surface area contributed by atoms with Crippen LogP contribution in [-0.2, 0) is 5.75 Å². The van der Waals surface area contributed by atoms with Crippen LogP contribution in [0.5, 0.6) is 0 Å². The third kappa shape index (κ3) is 4.65. The zero-order chi connectivity index (χ0) is 24.5. The van der Waals surface area contributed by atoms with Crippen LogP contribution in [0.15, 0.2) is 88.8 Å². The largest absolute Gasteiger partial charge is 0.278 e. The molecule has 2 heterocycles. The Kier molecular flexibility index (Phi) is 6.52. The topological polar surface area (TPSA) is 83.0 Å². The molecule has 0 radical (unpaired) electrons. The normalized spacial score (nSPS) is 11.1. The fraction of sp³-hybridized carbons (Fsp3) is 0.0417. The van der Waals surface area contributed by atoms with Crippen LogP contribution in [0, 0.1) is 14.1 Å². The number of aromatic nitrogens is 3. The summed E-state index contributed by atoms with van der Waals surface area (Å²) in [4.78, 5) is 29.3. The van der Waals surface area contributed by atoms with Gasteiger partial charge in [0.1, 0.15) is 4.70 Å². The molecule has 0 amide bonds. The maximum Gasteiger partial charge on any atom is 0.278 e. The van der Waals surface area contributed by atoms with Crippen LogP contribution < -0.4 is 5.56 Å². The van der Waals surface area contributed by atoms with Crippen molar-refractivity contribution in [2.75, 3.05) is 0 Å². The molecule has 0 N–H and O–H groups in total. The summed E-state index contributed by atoms with van der Waals surface area (Å²) in [6.07, 6.45) is 0. The molecule has 5 rings (SSSR count). The van der Waals surface area contributed by atoms with Gasteiger partial charge in [-0.1, -0.05) is 65.0 Å². The van der Waals surface area contributed by atoms with E-state index in [2.05, 4.69) is 0 Å². The fourth-order valence-corrected chi connectivity index (χ4v) is 5.94. The molecule has 35 heavy (non-hydrogen) atoms. The second kappa shape index (κ2) is 9.74. The number of nitro benzene ring substituents is 1. The Morgan fingerprint density at radius 1 is 1.00 bits per heavy atom. The Balaban J connectivity index is 1.68. The predicted octanol–water partition coefficient (Wildman–Crippen LogP) is 6.82. The standard InChI is InChI=1S/C24H15ClN4O3S3/c25-16-9-11-18(12-10-16)27-21-20(35-24(27)33)22(30)28(17-6-2-1-3-7-17)23(26-21)34-14-15-5-4-8-19(13-15)29(31)32/h1-13H,14H2. The summed E-state index contributed by atoms with van der Waals surface area (Å²) < 4.78 is 4.25. The second-order valence-electron chi connectivity index (χ2n) is 7.42. The first-order chi connectivity index (χ1) is 16.9. The van der Waals surface area contributed by atoms with Crippen molar-refractivity contribution in [3.05, 3.63) is 114 Å². The second-order valence-corrected chi connectivity index (χ2v) is 10.4. The molecule has 0 saturated carbocycles. The van der Waals surface area contributed by atoms with Crippen LogP contribution in [0.1, 0.15) is 5.56 Å². The quantitative estimate of drug-likeness (QED) is 0.0775. The molecule has 0 spiro atoms. The number of para-hydroxylation sites is 1. The Hall–Kier alpha value is -3.31. The molecular formula is C24H15ClN4O3S3. The number of non-ortho nitro benzene ring substituents is 1. The molecule has 0 aliphatic rings. The van der Waals surface area contributed by atoms with E-state index in [4.69, 9.17) is 28.8 Å². The van der Waals surface area contributed by atoms with E-state index in [1.807, 2.05) is 48.5 Å². The molecule has 174 valence electrons. The van der Waals surface area contributed by atoms with Gasteiger partial charge in [-0.05, 0) is 54.2 Å². The summed E-state index contributed by atoms with van der Waals surface area (Å²) in [6.45, 7) is 0. The Morgan fingerprint density at radius 3 is 2.43 bits per heavy atom. The lowest BCUT2D eigenvalue weighted by molar-refractivity contribution is -0.384. The number of nitro groups is 1. The van der Waals surface area contributed by atoms with Crippen LogP contribution in [0.4, 0.5) is 5.69 Å². The van der Waals surface area contributed by atoms with Gasteiger partial charge in [-0.15, -0.1) is 0 Å². The third-order valence-electron chi connectivity index (χ3n) is 5.17. The van der Waals surface area contributed by atoms with Crippen molar-refractivity contribution in [2.45, 2.75) is 10.9 Å². The average molecular weight is 539 g/mol. The SMILES string of the molecule is O=c1c2sc(=S)n(-c3ccc(Cl)cc3)c2nc(SCc2cccc([N+](=O)[O-])c2)n1-c1ccccc1. The van der Waals surface area contributed by atoms with Crippen LogP contribution in [0.2, 0.25) is 5.02 Å². The van der Waals surface area contributed by atoms with E-state index in [0.717, 1.165) is 11.3 Å². The van der Waals surface area contributed by atoms with Gasteiger partial charge in [-0.25, -0.2) is 4.98 Å². The smallest absolute Gasteiger partial charge is 0.275 e. The maximum atomic E-state index is 13.7. The molecule has 0 saturated heterocycles. The highest BCUT2D eigenvalue weighted by Crippen LogP contribution is 2.30. The molecule has 3 aromatic carbocycles. The van der Waals surface area contributed by atoms with Gasteiger partial charge in [0.25, 0.3) is 11.2 Å². The zero-order valence-corrected chi connectivity index (χ0v) is 21.0. The first-order valence-corrected chi connectivity index (χ1v) is 12.9. The number of thiazole rings is 1. The van der Waals surface area contributed by atoms with E-state index < -0.39 is 4.92 Å². The minimum Gasteiger partial charge on any atom is -0.275 e. The third-order valence-corrected chi connectivity index (χ3v) is 7.78. The monoisotopic (exact) mass is 538 g/mol. The van der Waals surface area contributed by atoms with E-state index in [1.165, 1.54) is 35.2 Å². The number of rotatable bonds is 6. The molecule has 0 fully saturated rings. The summed E-state index contributed by atoms with van der Waals surface area (Å²) in [5.41, 5.74) is 2.42. The number of thioether (sulfide) groups is 1. The maximum absolute atomic E-state index is 13.7. The molecule has 0 atom stereocenters. The van der Waals surface area contributed by atoms with Crippen LogP contribution in [0.3, 0.4) is 0 Å². The van der Waals surface area contributed by atoms with Gasteiger partial charge in [0.05, 0.1) is 10.6 Å². The Labute approximate surface area is 217 Å². The van der Waals surface area contributed by atoms with E-state index in [-0.39, 0.29) is 11.2 Å². The molecule has 0 aliphatic heterocycles. The van der Waals surface area contributed by atoms with E-state index >= 15 is 0 Å². The van der Waals surface area contributed by atoms with Gasteiger partial charge in [0.15, 0.2) is 14.8 Å². The van der Waals surface area contributed by atoms with Gasteiger partial charge in [-0.2, -0.15) is 0 Å². The number of halogens is 1. The summed E-state index contributed by atoms with van der Waals surface area (Å²) in [7, 11) is 0. The first-order valence-electron chi connectivity index (χ1n) is 10.3. The van der Waals surface area contributed by atoms with Crippen molar-refractivity contribution < 1.29 is 4.92 Å².